The van der Waals surface area contributed by atoms with Crippen molar-refractivity contribution in [3.8, 4) is 6.07 Å². The summed E-state index contributed by atoms with van der Waals surface area (Å²) in [5.41, 5.74) is 3.04. The van der Waals surface area contributed by atoms with E-state index in [1.807, 2.05) is 18.2 Å². The molecule has 0 saturated heterocycles. The molecule has 0 fully saturated rings. The zero-order valence-electron chi connectivity index (χ0n) is 6.97. The van der Waals surface area contributed by atoms with Crippen molar-refractivity contribution < 1.29 is 0 Å². The van der Waals surface area contributed by atoms with Crippen molar-refractivity contribution in [2.45, 2.75) is 18.7 Å². The molecule has 0 bridgehead atoms. The molecular weight excluding hydrogens is 214 g/mol. The van der Waals surface area contributed by atoms with Crippen molar-refractivity contribution in [3.05, 3.63) is 34.9 Å². The molecule has 1 nitrogen and oxygen atoms in total. The van der Waals surface area contributed by atoms with Gasteiger partial charge in [-0.05, 0) is 17.5 Å². The molecular formula is C10H10BrN. The van der Waals surface area contributed by atoms with Gasteiger partial charge >= 0.3 is 0 Å². The molecule has 1 rings (SSSR count). The first-order valence-electron chi connectivity index (χ1n) is 3.90. The lowest BCUT2D eigenvalue weighted by atomic mass is 10.0. The summed E-state index contributed by atoms with van der Waals surface area (Å²) < 4.78 is 0. The van der Waals surface area contributed by atoms with E-state index >= 15 is 0 Å². The minimum Gasteiger partial charge on any atom is -0.192 e. The van der Waals surface area contributed by atoms with E-state index in [0.717, 1.165) is 28.4 Å². The molecule has 1 aromatic rings. The Morgan fingerprint density at radius 2 is 2.08 bits per heavy atom. The Kier molecular flexibility index (Phi) is 3.31. The summed E-state index contributed by atoms with van der Waals surface area (Å²) >= 11 is 3.36. The second kappa shape index (κ2) is 4.27. The molecule has 2 heteroatoms. The van der Waals surface area contributed by atoms with Crippen LogP contribution in [0.1, 0.15) is 23.6 Å². The minimum atomic E-state index is 0.754. The van der Waals surface area contributed by atoms with Crippen LogP contribution in [0.5, 0.6) is 0 Å². The number of aryl methyl sites for hydroxylation is 1. The topological polar surface area (TPSA) is 23.8 Å². The number of hydrogen-bond donors (Lipinski definition) is 0. The summed E-state index contributed by atoms with van der Waals surface area (Å²) in [6, 6.07) is 8.22. The van der Waals surface area contributed by atoms with Gasteiger partial charge in [-0.25, -0.2) is 0 Å². The van der Waals surface area contributed by atoms with Crippen molar-refractivity contribution >= 4 is 15.9 Å². The summed E-state index contributed by atoms with van der Waals surface area (Å²) in [7, 11) is 0. The van der Waals surface area contributed by atoms with Gasteiger partial charge in [-0.2, -0.15) is 5.26 Å². The van der Waals surface area contributed by atoms with Gasteiger partial charge in [0.05, 0.1) is 11.6 Å². The summed E-state index contributed by atoms with van der Waals surface area (Å²) in [6.45, 7) is 2.06. The Balaban J connectivity index is 3.25. The Hall–Kier alpha value is -0.810. The number of nitrogens with zero attached hydrogens (tertiary/aromatic N) is 1. The predicted octanol–water partition coefficient (Wildman–Crippen LogP) is 3.02. The average molecular weight is 224 g/mol. The van der Waals surface area contributed by atoms with Gasteiger partial charge in [0.2, 0.25) is 0 Å². The number of nitriles is 1. The summed E-state index contributed by atoms with van der Waals surface area (Å²) in [5.74, 6) is 0. The van der Waals surface area contributed by atoms with Crippen LogP contribution in [-0.4, -0.2) is 0 Å². The number of rotatable bonds is 2. The van der Waals surface area contributed by atoms with Crippen LogP contribution in [0.2, 0.25) is 0 Å². The van der Waals surface area contributed by atoms with Gasteiger partial charge < -0.3 is 0 Å². The van der Waals surface area contributed by atoms with Crippen LogP contribution in [0, 0.1) is 11.3 Å². The van der Waals surface area contributed by atoms with Crippen molar-refractivity contribution in [2.24, 2.45) is 0 Å². The van der Waals surface area contributed by atoms with Crippen LogP contribution in [0.15, 0.2) is 18.2 Å². The van der Waals surface area contributed by atoms with Crippen LogP contribution < -0.4 is 0 Å². The molecule has 0 radical (unpaired) electrons. The van der Waals surface area contributed by atoms with Crippen LogP contribution in [0.4, 0.5) is 0 Å². The predicted molar refractivity (Wildman–Crippen MR) is 53.2 cm³/mol. The Bertz CT molecular complexity index is 290. The normalized spacial score (nSPS) is 9.42. The SMILES string of the molecule is CCc1cccc(CBr)c1C#N. The molecule has 0 aliphatic rings. The van der Waals surface area contributed by atoms with Crippen molar-refractivity contribution in [3.63, 3.8) is 0 Å². The largest absolute Gasteiger partial charge is 0.192 e. The van der Waals surface area contributed by atoms with Crippen LogP contribution in [0.25, 0.3) is 0 Å². The molecule has 62 valence electrons. The smallest absolute Gasteiger partial charge is 0.0997 e. The third-order valence-electron chi connectivity index (χ3n) is 1.87. The van der Waals surface area contributed by atoms with Crippen LogP contribution in [-0.2, 0) is 11.8 Å². The first-order chi connectivity index (χ1) is 5.83. The second-order valence-electron chi connectivity index (χ2n) is 2.55. The van der Waals surface area contributed by atoms with E-state index in [1.165, 1.54) is 0 Å². The van der Waals surface area contributed by atoms with Gasteiger partial charge in [0.15, 0.2) is 0 Å². The molecule has 0 saturated carbocycles. The van der Waals surface area contributed by atoms with E-state index in [9.17, 15) is 0 Å². The lowest BCUT2D eigenvalue weighted by Crippen LogP contribution is -1.92. The maximum absolute atomic E-state index is 8.89. The van der Waals surface area contributed by atoms with Crippen molar-refractivity contribution in [1.29, 1.82) is 5.26 Å². The first kappa shape index (κ1) is 9.28. The number of benzene rings is 1. The van der Waals surface area contributed by atoms with E-state index in [4.69, 9.17) is 5.26 Å². The highest BCUT2D eigenvalue weighted by atomic mass is 79.9. The fourth-order valence-corrected chi connectivity index (χ4v) is 1.67. The maximum Gasteiger partial charge on any atom is 0.0997 e. The highest BCUT2D eigenvalue weighted by Gasteiger charge is 2.03. The quantitative estimate of drug-likeness (QED) is 0.708. The molecule has 0 amide bonds. The highest BCUT2D eigenvalue weighted by Crippen LogP contribution is 2.16. The summed E-state index contributed by atoms with van der Waals surface area (Å²) in [5, 5.41) is 9.64. The summed E-state index contributed by atoms with van der Waals surface area (Å²) in [4.78, 5) is 0. The Morgan fingerprint density at radius 1 is 1.42 bits per heavy atom. The maximum atomic E-state index is 8.89. The third-order valence-corrected chi connectivity index (χ3v) is 2.48. The average Bonchev–Trinajstić information content (AvgIpc) is 2.16. The monoisotopic (exact) mass is 223 g/mol. The molecule has 0 atom stereocenters. The molecule has 0 spiro atoms. The Morgan fingerprint density at radius 3 is 2.58 bits per heavy atom. The molecule has 12 heavy (non-hydrogen) atoms. The lowest BCUT2D eigenvalue weighted by Gasteiger charge is -2.03. The van der Waals surface area contributed by atoms with Gasteiger partial charge in [0.1, 0.15) is 0 Å². The third kappa shape index (κ3) is 1.67. The van der Waals surface area contributed by atoms with Gasteiger partial charge in [-0.3, -0.25) is 0 Å². The van der Waals surface area contributed by atoms with Gasteiger partial charge in [0, 0.05) is 5.33 Å². The molecule has 1 aromatic carbocycles. The van der Waals surface area contributed by atoms with Crippen molar-refractivity contribution in [2.75, 3.05) is 0 Å². The number of alkyl halides is 1. The zero-order valence-corrected chi connectivity index (χ0v) is 8.56. The highest BCUT2D eigenvalue weighted by molar-refractivity contribution is 9.08. The zero-order chi connectivity index (χ0) is 8.97. The van der Waals surface area contributed by atoms with Crippen LogP contribution >= 0.6 is 15.9 Å². The minimum absolute atomic E-state index is 0.754. The molecule has 0 aliphatic heterocycles. The molecule has 0 heterocycles. The van der Waals surface area contributed by atoms with Gasteiger partial charge in [-0.15, -0.1) is 0 Å². The molecule has 0 aliphatic carbocycles. The number of halogens is 1. The fraction of sp³-hybridized carbons (Fsp3) is 0.300. The van der Waals surface area contributed by atoms with E-state index in [0.29, 0.717) is 0 Å². The van der Waals surface area contributed by atoms with Gasteiger partial charge in [-0.1, -0.05) is 41.1 Å². The molecule has 0 aromatic heterocycles. The summed E-state index contributed by atoms with van der Waals surface area (Å²) in [6.07, 6.45) is 0.920. The fourth-order valence-electron chi connectivity index (χ4n) is 1.20. The molecule has 0 N–H and O–H groups in total. The second-order valence-corrected chi connectivity index (χ2v) is 3.11. The van der Waals surface area contributed by atoms with E-state index in [1.54, 1.807) is 0 Å². The molecule has 0 unspecified atom stereocenters. The number of hydrogen-bond acceptors (Lipinski definition) is 1. The standard InChI is InChI=1S/C10H10BrN/c1-2-8-4-3-5-9(6-11)10(8)7-12/h3-5H,2,6H2,1H3. The van der Waals surface area contributed by atoms with E-state index in [2.05, 4.69) is 28.9 Å². The van der Waals surface area contributed by atoms with E-state index in [-0.39, 0.29) is 0 Å². The van der Waals surface area contributed by atoms with E-state index < -0.39 is 0 Å². The lowest BCUT2D eigenvalue weighted by molar-refractivity contribution is 1.11. The van der Waals surface area contributed by atoms with Crippen LogP contribution in [0.3, 0.4) is 0 Å². The van der Waals surface area contributed by atoms with Crippen molar-refractivity contribution in [1.82, 2.24) is 0 Å². The van der Waals surface area contributed by atoms with Gasteiger partial charge in [0.25, 0.3) is 0 Å². The Labute approximate surface area is 81.2 Å². The first-order valence-corrected chi connectivity index (χ1v) is 5.02.